The van der Waals surface area contributed by atoms with Crippen LogP contribution in [0.3, 0.4) is 0 Å². The first-order valence-electron chi connectivity index (χ1n) is 8.99. The first kappa shape index (κ1) is 16.5. The Bertz CT molecular complexity index is 865. The largest absolute Gasteiger partial charge is 0.322 e. The van der Waals surface area contributed by atoms with Gasteiger partial charge in [0.1, 0.15) is 0 Å². The molecule has 0 saturated carbocycles. The summed E-state index contributed by atoms with van der Waals surface area (Å²) < 4.78 is 1.91. The van der Waals surface area contributed by atoms with Crippen molar-refractivity contribution in [3.63, 3.8) is 0 Å². The van der Waals surface area contributed by atoms with Gasteiger partial charge in [-0.2, -0.15) is 0 Å². The fraction of sp³-hybridized carbons (Fsp3) is 0.238. The molecule has 0 spiro atoms. The summed E-state index contributed by atoms with van der Waals surface area (Å²) in [5, 5.41) is 3.00. The van der Waals surface area contributed by atoms with Gasteiger partial charge in [-0.15, -0.1) is 0 Å². The number of likely N-dealkylation sites (tertiary alicyclic amines) is 1. The van der Waals surface area contributed by atoms with E-state index in [-0.39, 0.29) is 5.91 Å². The van der Waals surface area contributed by atoms with Crippen molar-refractivity contribution in [2.75, 3.05) is 18.4 Å². The van der Waals surface area contributed by atoms with Crippen LogP contribution in [0.1, 0.15) is 28.8 Å². The number of imidazole rings is 1. The van der Waals surface area contributed by atoms with Crippen LogP contribution in [0.25, 0.3) is 5.69 Å². The number of amides is 1. The molecule has 2 heterocycles. The molecule has 26 heavy (non-hydrogen) atoms. The summed E-state index contributed by atoms with van der Waals surface area (Å²) in [5.41, 5.74) is 3.69. The van der Waals surface area contributed by atoms with E-state index >= 15 is 0 Å². The van der Waals surface area contributed by atoms with E-state index in [1.165, 1.54) is 31.5 Å². The highest BCUT2D eigenvalue weighted by atomic mass is 16.1. The molecule has 1 amide bonds. The van der Waals surface area contributed by atoms with Gasteiger partial charge in [0.25, 0.3) is 5.91 Å². The molecule has 3 aromatic rings. The first-order valence-corrected chi connectivity index (χ1v) is 8.99. The molecule has 5 nitrogen and oxygen atoms in total. The molecule has 2 aromatic carbocycles. The molecule has 0 radical (unpaired) electrons. The van der Waals surface area contributed by atoms with Crippen LogP contribution in [0, 0.1) is 0 Å². The molecular formula is C21H22N4O. The molecule has 0 atom stereocenters. The summed E-state index contributed by atoms with van der Waals surface area (Å²) in [4.78, 5) is 19.0. The topological polar surface area (TPSA) is 50.2 Å². The minimum absolute atomic E-state index is 0.0968. The van der Waals surface area contributed by atoms with Crippen LogP contribution in [0.5, 0.6) is 0 Å². The molecule has 0 bridgehead atoms. The normalized spacial score (nSPS) is 14.5. The molecule has 5 heteroatoms. The maximum Gasteiger partial charge on any atom is 0.255 e. The number of benzene rings is 2. The number of rotatable bonds is 5. The van der Waals surface area contributed by atoms with E-state index in [4.69, 9.17) is 0 Å². The summed E-state index contributed by atoms with van der Waals surface area (Å²) in [6, 6.07) is 15.6. The third-order valence-electron chi connectivity index (χ3n) is 4.72. The summed E-state index contributed by atoms with van der Waals surface area (Å²) in [6.45, 7) is 3.28. The molecule has 4 rings (SSSR count). The van der Waals surface area contributed by atoms with Gasteiger partial charge in [-0.25, -0.2) is 4.98 Å². The molecule has 1 saturated heterocycles. The minimum Gasteiger partial charge on any atom is -0.322 e. The summed E-state index contributed by atoms with van der Waals surface area (Å²) in [7, 11) is 0. The zero-order chi connectivity index (χ0) is 17.8. The highest BCUT2D eigenvalue weighted by Gasteiger charge is 2.12. The molecule has 0 aliphatic carbocycles. The van der Waals surface area contributed by atoms with Crippen molar-refractivity contribution in [3.05, 3.63) is 78.4 Å². The molecule has 1 N–H and O–H groups in total. The van der Waals surface area contributed by atoms with Gasteiger partial charge in [0.2, 0.25) is 0 Å². The molecule has 132 valence electrons. The van der Waals surface area contributed by atoms with Gasteiger partial charge in [-0.1, -0.05) is 12.1 Å². The highest BCUT2D eigenvalue weighted by molar-refractivity contribution is 6.04. The molecule has 1 fully saturated rings. The van der Waals surface area contributed by atoms with Gasteiger partial charge < -0.3 is 9.88 Å². The average Bonchev–Trinajstić information content (AvgIpc) is 3.36. The maximum absolute atomic E-state index is 12.5. The van der Waals surface area contributed by atoms with E-state index < -0.39 is 0 Å². The Morgan fingerprint density at radius 1 is 1.08 bits per heavy atom. The second kappa shape index (κ2) is 7.54. The third kappa shape index (κ3) is 3.83. The van der Waals surface area contributed by atoms with Crippen LogP contribution in [-0.2, 0) is 6.54 Å². The molecular weight excluding hydrogens is 324 g/mol. The lowest BCUT2D eigenvalue weighted by Gasteiger charge is -2.15. The summed E-state index contributed by atoms with van der Waals surface area (Å²) >= 11 is 0. The van der Waals surface area contributed by atoms with Gasteiger partial charge in [0.05, 0.1) is 6.33 Å². The fourth-order valence-corrected chi connectivity index (χ4v) is 3.35. The Hall–Kier alpha value is -2.92. The van der Waals surface area contributed by atoms with Gasteiger partial charge in [0.15, 0.2) is 0 Å². The lowest BCUT2D eigenvalue weighted by molar-refractivity contribution is 0.102. The Morgan fingerprint density at radius 2 is 1.88 bits per heavy atom. The Labute approximate surface area is 153 Å². The minimum atomic E-state index is -0.0968. The number of nitrogens with zero attached hydrogens (tertiary/aromatic N) is 3. The van der Waals surface area contributed by atoms with E-state index in [0.717, 1.165) is 17.9 Å². The predicted octanol–water partition coefficient (Wildman–Crippen LogP) is 3.72. The number of anilines is 1. The first-order chi connectivity index (χ1) is 12.8. The summed E-state index contributed by atoms with van der Waals surface area (Å²) in [5.74, 6) is -0.0968. The number of hydrogen-bond donors (Lipinski definition) is 1. The number of hydrogen-bond acceptors (Lipinski definition) is 3. The Morgan fingerprint density at radius 3 is 2.62 bits per heavy atom. The zero-order valence-corrected chi connectivity index (χ0v) is 14.6. The van der Waals surface area contributed by atoms with E-state index in [9.17, 15) is 4.79 Å². The van der Waals surface area contributed by atoms with Crippen molar-refractivity contribution in [1.29, 1.82) is 0 Å². The molecule has 1 aliphatic rings. The monoisotopic (exact) mass is 346 g/mol. The van der Waals surface area contributed by atoms with Crippen LogP contribution in [0.2, 0.25) is 0 Å². The number of carbonyl (C=O) groups excluding carboxylic acids is 1. The van der Waals surface area contributed by atoms with Crippen molar-refractivity contribution in [2.45, 2.75) is 19.4 Å². The van der Waals surface area contributed by atoms with Crippen molar-refractivity contribution in [2.24, 2.45) is 0 Å². The number of aromatic nitrogens is 2. The smallest absolute Gasteiger partial charge is 0.255 e. The van der Waals surface area contributed by atoms with Crippen LogP contribution >= 0.6 is 0 Å². The van der Waals surface area contributed by atoms with Crippen LogP contribution in [0.15, 0.2) is 67.3 Å². The van der Waals surface area contributed by atoms with Gasteiger partial charge in [-0.05, 0) is 67.9 Å². The van der Waals surface area contributed by atoms with Crippen LogP contribution in [0.4, 0.5) is 5.69 Å². The molecule has 1 aromatic heterocycles. The average molecular weight is 346 g/mol. The third-order valence-corrected chi connectivity index (χ3v) is 4.72. The van der Waals surface area contributed by atoms with Crippen LogP contribution < -0.4 is 5.32 Å². The van der Waals surface area contributed by atoms with E-state index in [2.05, 4.69) is 27.3 Å². The predicted molar refractivity (Wildman–Crippen MR) is 102 cm³/mol. The second-order valence-electron chi connectivity index (χ2n) is 6.65. The van der Waals surface area contributed by atoms with E-state index in [1.54, 1.807) is 12.5 Å². The Balaban J connectivity index is 1.42. The fourth-order valence-electron chi connectivity index (χ4n) is 3.35. The Kier molecular flexibility index (Phi) is 4.80. The maximum atomic E-state index is 12.5. The van der Waals surface area contributed by atoms with E-state index in [1.807, 2.05) is 47.2 Å². The van der Waals surface area contributed by atoms with Crippen molar-refractivity contribution >= 4 is 11.6 Å². The number of carbonyl (C=O) groups is 1. The lowest BCUT2D eigenvalue weighted by atomic mass is 10.1. The summed E-state index contributed by atoms with van der Waals surface area (Å²) in [6.07, 6.45) is 7.91. The van der Waals surface area contributed by atoms with Crippen LogP contribution in [-0.4, -0.2) is 33.4 Å². The highest BCUT2D eigenvalue weighted by Crippen LogP contribution is 2.17. The second-order valence-corrected chi connectivity index (χ2v) is 6.65. The van der Waals surface area contributed by atoms with Gasteiger partial charge in [0, 0.05) is 35.9 Å². The quantitative estimate of drug-likeness (QED) is 0.766. The van der Waals surface area contributed by atoms with Crippen molar-refractivity contribution in [3.8, 4) is 5.69 Å². The lowest BCUT2D eigenvalue weighted by Crippen LogP contribution is -2.18. The molecule has 0 unspecified atom stereocenters. The molecule has 1 aliphatic heterocycles. The van der Waals surface area contributed by atoms with Gasteiger partial charge in [-0.3, -0.25) is 9.69 Å². The standard InChI is InChI=1S/C21H22N4O/c26-21(18-6-8-20(9-7-18)25-13-10-22-16-25)23-19-5-3-4-17(14-19)15-24-11-1-2-12-24/h3-10,13-14,16H,1-2,11-12,15H2,(H,23,26). The van der Waals surface area contributed by atoms with Crippen molar-refractivity contribution < 1.29 is 4.79 Å². The SMILES string of the molecule is O=C(Nc1cccc(CN2CCCC2)c1)c1ccc(-n2ccnc2)cc1. The van der Waals surface area contributed by atoms with E-state index in [0.29, 0.717) is 5.56 Å². The van der Waals surface area contributed by atoms with Gasteiger partial charge >= 0.3 is 0 Å². The van der Waals surface area contributed by atoms with Crippen molar-refractivity contribution in [1.82, 2.24) is 14.5 Å². The zero-order valence-electron chi connectivity index (χ0n) is 14.6. The number of nitrogens with one attached hydrogen (secondary N) is 1.